The number of carboxylic acids is 1. The summed E-state index contributed by atoms with van der Waals surface area (Å²) in [6, 6.07) is 0. The van der Waals surface area contributed by atoms with Crippen LogP contribution in [0.2, 0.25) is 0 Å². The van der Waals surface area contributed by atoms with Gasteiger partial charge in [-0.1, -0.05) is 60.1 Å². The van der Waals surface area contributed by atoms with Crippen molar-refractivity contribution in [3.8, 4) is 0 Å². The van der Waals surface area contributed by atoms with Gasteiger partial charge in [-0.3, -0.25) is 4.79 Å². The average Bonchev–Trinajstić information content (AvgIpc) is 3.11. The SMILES string of the molecule is CC1(C)C[C@H]2C3=CC[C@@H]4[C@@]5(C)C[C@H](O)[C@H](O[C@@H]6O[C@H](CO)[C@@H](O)[C@H](O)[C@H]6O)C(C)(C)[C@@H]5CC[C@@]4(C)[C@]3(C)C[C@@H](O[C@@H]3OC[C@@H](O)[C@H](O)[C@H]3O)[C@@]2(C(=O)O)C[C@@H]1O. The van der Waals surface area contributed by atoms with E-state index >= 15 is 0 Å². The second kappa shape index (κ2) is 14.1. The number of fused-ring (bicyclic) bond motifs is 7. The average molecular weight is 799 g/mol. The Labute approximate surface area is 328 Å². The molecule has 15 heteroatoms. The highest BCUT2D eigenvalue weighted by Crippen LogP contribution is 2.76. The van der Waals surface area contributed by atoms with Gasteiger partial charge in [-0.25, -0.2) is 0 Å². The van der Waals surface area contributed by atoms with Crippen molar-refractivity contribution in [3.05, 3.63) is 11.6 Å². The topological polar surface area (TPSA) is 256 Å². The second-order valence-corrected chi connectivity index (χ2v) is 20.5. The molecule has 56 heavy (non-hydrogen) atoms. The summed E-state index contributed by atoms with van der Waals surface area (Å²) in [6.45, 7) is 13.7. The van der Waals surface area contributed by atoms with Crippen LogP contribution >= 0.6 is 0 Å². The zero-order valence-corrected chi connectivity index (χ0v) is 33.7. The number of rotatable bonds is 6. The lowest BCUT2D eigenvalue weighted by Crippen LogP contribution is -2.70. The van der Waals surface area contributed by atoms with Crippen LogP contribution in [0, 0.1) is 50.2 Å². The zero-order valence-electron chi connectivity index (χ0n) is 33.7. The number of ether oxygens (including phenoxy) is 4. The van der Waals surface area contributed by atoms with E-state index in [0.29, 0.717) is 19.3 Å². The highest BCUT2D eigenvalue weighted by molar-refractivity contribution is 5.78. The molecule has 2 saturated heterocycles. The normalized spacial score (nSPS) is 55.1. The van der Waals surface area contributed by atoms with Crippen molar-refractivity contribution >= 4 is 5.97 Å². The number of carboxylic acid groups (broad SMARTS) is 1. The van der Waals surface area contributed by atoms with Crippen LogP contribution in [0.15, 0.2) is 11.6 Å². The third-order valence-electron chi connectivity index (χ3n) is 17.0. The summed E-state index contributed by atoms with van der Waals surface area (Å²) in [5.41, 5.74) is -3.41. The lowest BCUT2D eigenvalue weighted by molar-refractivity contribution is -0.342. The number of aliphatic hydroxyl groups is 9. The summed E-state index contributed by atoms with van der Waals surface area (Å²) in [7, 11) is 0. The number of hydrogen-bond donors (Lipinski definition) is 10. The maximum atomic E-state index is 13.8. The minimum atomic E-state index is -1.63. The first-order chi connectivity index (χ1) is 25.9. The van der Waals surface area contributed by atoms with Gasteiger partial charge in [0.1, 0.15) is 48.1 Å². The highest BCUT2D eigenvalue weighted by Gasteiger charge is 2.73. The third-order valence-corrected chi connectivity index (χ3v) is 17.0. The standard InChI is InChI=1S/C41H66O15/c1-36(2)12-19-18-8-9-24-38(5)13-20(43)32(56-34-31(50)29(48)28(47)22(16-42)54-34)37(3,4)23(38)10-11-39(24,6)40(18,7)15-26(41(19,35(51)52)14-25(36)45)55-33-30(49)27(46)21(44)17-53-33/h8,19-34,42-50H,9-17H2,1-7H3,(H,51,52)/t19-,20-,21+,22+,23-,24+,25-,26+,27-,28+,29-,30+,31+,32-,33-,34-,38-,39+,40+,41+/m0/s1. The molecule has 20 atom stereocenters. The van der Waals surface area contributed by atoms with Gasteiger partial charge in [-0.15, -0.1) is 0 Å². The molecular weight excluding hydrogens is 732 g/mol. The molecule has 2 heterocycles. The predicted molar refractivity (Wildman–Crippen MR) is 196 cm³/mol. The summed E-state index contributed by atoms with van der Waals surface area (Å²) in [4.78, 5) is 13.8. The first-order valence-electron chi connectivity index (χ1n) is 20.5. The van der Waals surface area contributed by atoms with E-state index in [9.17, 15) is 55.9 Å². The molecule has 7 rings (SSSR count). The van der Waals surface area contributed by atoms with Crippen molar-refractivity contribution in [2.24, 2.45) is 50.2 Å². The molecule has 0 aromatic rings. The summed E-state index contributed by atoms with van der Waals surface area (Å²) in [5.74, 6) is -1.65. The van der Waals surface area contributed by atoms with E-state index in [0.717, 1.165) is 18.4 Å². The van der Waals surface area contributed by atoms with E-state index in [1.807, 2.05) is 27.7 Å². The zero-order chi connectivity index (χ0) is 41.3. The maximum Gasteiger partial charge on any atom is 0.313 e. The van der Waals surface area contributed by atoms with E-state index < -0.39 is 131 Å². The Bertz CT molecular complexity index is 1540. The van der Waals surface area contributed by atoms with Crippen LogP contribution in [-0.2, 0) is 23.7 Å². The minimum Gasteiger partial charge on any atom is -0.481 e. The smallest absolute Gasteiger partial charge is 0.313 e. The van der Waals surface area contributed by atoms with Crippen LogP contribution < -0.4 is 0 Å². The van der Waals surface area contributed by atoms with Gasteiger partial charge in [0.15, 0.2) is 12.6 Å². The second-order valence-electron chi connectivity index (χ2n) is 20.5. The van der Waals surface area contributed by atoms with Gasteiger partial charge in [0.05, 0.1) is 37.6 Å². The number of aliphatic carboxylic acids is 1. The molecule has 320 valence electrons. The maximum absolute atomic E-state index is 13.8. The molecule has 5 aliphatic carbocycles. The molecule has 0 unspecified atom stereocenters. The molecule has 10 N–H and O–H groups in total. The number of allylic oxidation sites excluding steroid dienone is 2. The van der Waals surface area contributed by atoms with E-state index in [1.54, 1.807) is 0 Å². The Morgan fingerprint density at radius 2 is 1.45 bits per heavy atom. The Morgan fingerprint density at radius 3 is 2.09 bits per heavy atom. The van der Waals surface area contributed by atoms with Crippen LogP contribution in [0.3, 0.4) is 0 Å². The molecule has 0 spiro atoms. The first kappa shape index (κ1) is 42.8. The van der Waals surface area contributed by atoms with Gasteiger partial charge in [-0.05, 0) is 89.8 Å². The minimum absolute atomic E-state index is 0.00104. The summed E-state index contributed by atoms with van der Waals surface area (Å²) in [5, 5.41) is 108. The van der Waals surface area contributed by atoms with Crippen molar-refractivity contribution in [1.82, 2.24) is 0 Å². The van der Waals surface area contributed by atoms with Crippen LogP contribution in [0.25, 0.3) is 0 Å². The molecule has 0 aromatic heterocycles. The van der Waals surface area contributed by atoms with Crippen molar-refractivity contribution in [1.29, 1.82) is 0 Å². The molecule has 4 saturated carbocycles. The van der Waals surface area contributed by atoms with Gasteiger partial charge < -0.3 is 70.0 Å². The molecule has 2 aliphatic heterocycles. The lowest BCUT2D eigenvalue weighted by atomic mass is 9.33. The monoisotopic (exact) mass is 798 g/mol. The van der Waals surface area contributed by atoms with E-state index in [1.165, 1.54) is 0 Å². The van der Waals surface area contributed by atoms with Crippen molar-refractivity contribution in [2.45, 2.75) is 173 Å². The van der Waals surface area contributed by atoms with Gasteiger partial charge >= 0.3 is 5.97 Å². The molecule has 0 bridgehead atoms. The fourth-order valence-electron chi connectivity index (χ4n) is 13.6. The fraction of sp³-hybridized carbons (Fsp3) is 0.927. The first-order valence-corrected chi connectivity index (χ1v) is 20.5. The Hall–Kier alpha value is -1.31. The number of hydrogen-bond acceptors (Lipinski definition) is 14. The van der Waals surface area contributed by atoms with Crippen molar-refractivity contribution < 1.29 is 74.8 Å². The largest absolute Gasteiger partial charge is 0.481 e. The van der Waals surface area contributed by atoms with E-state index in [2.05, 4.69) is 26.8 Å². The number of carbonyl (C=O) groups is 1. The molecular formula is C41H66O15. The Kier molecular flexibility index (Phi) is 10.8. The number of aliphatic hydroxyl groups excluding tert-OH is 9. The highest BCUT2D eigenvalue weighted by atomic mass is 16.7. The quantitative estimate of drug-likeness (QED) is 0.129. The fourth-order valence-corrected chi connectivity index (χ4v) is 13.6. The molecule has 0 radical (unpaired) electrons. The molecule has 0 amide bonds. The lowest BCUT2D eigenvalue weighted by Gasteiger charge is -2.72. The van der Waals surface area contributed by atoms with Crippen molar-refractivity contribution in [3.63, 3.8) is 0 Å². The molecule has 15 nitrogen and oxygen atoms in total. The predicted octanol–water partition coefficient (Wildman–Crippen LogP) is 0.434. The van der Waals surface area contributed by atoms with Crippen LogP contribution in [-0.4, -0.2) is 150 Å². The Morgan fingerprint density at radius 1 is 0.786 bits per heavy atom. The summed E-state index contributed by atoms with van der Waals surface area (Å²) in [6.07, 6.45) is -12.0. The Balaban J connectivity index is 1.25. The summed E-state index contributed by atoms with van der Waals surface area (Å²) < 4.78 is 24.3. The van der Waals surface area contributed by atoms with Crippen LogP contribution in [0.5, 0.6) is 0 Å². The molecule has 0 aromatic carbocycles. The molecule has 7 aliphatic rings. The van der Waals surface area contributed by atoms with Crippen LogP contribution in [0.4, 0.5) is 0 Å². The van der Waals surface area contributed by atoms with Gasteiger partial charge in [-0.2, -0.15) is 0 Å². The van der Waals surface area contributed by atoms with Gasteiger partial charge in [0, 0.05) is 0 Å². The third kappa shape index (κ3) is 5.96. The molecule has 6 fully saturated rings. The van der Waals surface area contributed by atoms with E-state index in [4.69, 9.17) is 18.9 Å². The van der Waals surface area contributed by atoms with Crippen LogP contribution in [0.1, 0.15) is 93.4 Å². The van der Waals surface area contributed by atoms with Gasteiger partial charge in [0.2, 0.25) is 0 Å². The van der Waals surface area contributed by atoms with E-state index in [-0.39, 0.29) is 31.3 Å². The van der Waals surface area contributed by atoms with Gasteiger partial charge in [0.25, 0.3) is 0 Å². The summed E-state index contributed by atoms with van der Waals surface area (Å²) >= 11 is 0. The van der Waals surface area contributed by atoms with Crippen molar-refractivity contribution in [2.75, 3.05) is 13.2 Å².